The van der Waals surface area contributed by atoms with Gasteiger partial charge in [-0.25, -0.2) is 0 Å². The van der Waals surface area contributed by atoms with Gasteiger partial charge < -0.3 is 9.80 Å². The lowest BCUT2D eigenvalue weighted by Crippen LogP contribution is -2.56. The van der Waals surface area contributed by atoms with E-state index in [0.717, 1.165) is 38.3 Å². The third-order valence-corrected chi connectivity index (χ3v) is 5.25. The number of pyridine rings is 1. The maximum atomic E-state index is 12.7. The van der Waals surface area contributed by atoms with Gasteiger partial charge in [0.05, 0.1) is 11.5 Å². The molecule has 0 aromatic carbocycles. The van der Waals surface area contributed by atoms with Crippen molar-refractivity contribution in [3.05, 3.63) is 29.6 Å². The Hall–Kier alpha value is -1.95. The fourth-order valence-electron chi connectivity index (χ4n) is 3.51. The van der Waals surface area contributed by atoms with Crippen LogP contribution in [0.15, 0.2) is 18.3 Å². The minimum absolute atomic E-state index is 0.0293. The van der Waals surface area contributed by atoms with Gasteiger partial charge in [0.1, 0.15) is 0 Å². The summed E-state index contributed by atoms with van der Waals surface area (Å²) >= 11 is 0. The zero-order chi connectivity index (χ0) is 18.0. The molecule has 2 aliphatic rings. The number of aromatic nitrogens is 1. The molecular formula is C19H28N4O2. The first kappa shape index (κ1) is 17.9. The Kier molecular flexibility index (Phi) is 5.37. The van der Waals surface area contributed by atoms with E-state index in [4.69, 9.17) is 0 Å². The molecule has 1 aromatic heterocycles. The van der Waals surface area contributed by atoms with Crippen LogP contribution in [0.1, 0.15) is 36.3 Å². The molecule has 0 unspecified atom stereocenters. The molecule has 0 aliphatic carbocycles. The van der Waals surface area contributed by atoms with Crippen molar-refractivity contribution in [2.24, 2.45) is 5.92 Å². The summed E-state index contributed by atoms with van der Waals surface area (Å²) in [6.45, 7) is 11.0. The van der Waals surface area contributed by atoms with Gasteiger partial charge in [-0.2, -0.15) is 0 Å². The summed E-state index contributed by atoms with van der Waals surface area (Å²) in [5.74, 6) is 0.128. The fourth-order valence-corrected chi connectivity index (χ4v) is 3.51. The molecule has 6 heteroatoms. The van der Waals surface area contributed by atoms with Crippen molar-refractivity contribution in [1.82, 2.24) is 19.7 Å². The van der Waals surface area contributed by atoms with Gasteiger partial charge in [0, 0.05) is 57.2 Å². The van der Waals surface area contributed by atoms with Crippen molar-refractivity contribution in [1.29, 1.82) is 0 Å². The van der Waals surface area contributed by atoms with E-state index in [2.05, 4.69) is 23.7 Å². The van der Waals surface area contributed by atoms with E-state index in [-0.39, 0.29) is 17.7 Å². The van der Waals surface area contributed by atoms with Crippen LogP contribution in [0, 0.1) is 12.8 Å². The van der Waals surface area contributed by atoms with E-state index in [1.807, 2.05) is 17.9 Å². The van der Waals surface area contributed by atoms with Crippen LogP contribution in [-0.2, 0) is 4.79 Å². The third-order valence-electron chi connectivity index (χ3n) is 5.25. The van der Waals surface area contributed by atoms with Crippen LogP contribution < -0.4 is 0 Å². The highest BCUT2D eigenvalue weighted by Crippen LogP contribution is 2.21. The molecule has 0 atom stereocenters. The monoisotopic (exact) mass is 344 g/mol. The summed E-state index contributed by atoms with van der Waals surface area (Å²) in [5.41, 5.74) is 1.49. The van der Waals surface area contributed by atoms with E-state index in [0.29, 0.717) is 24.7 Å². The molecule has 0 saturated carbocycles. The lowest BCUT2D eigenvalue weighted by Gasteiger charge is -2.40. The standard InChI is InChI=1S/C19H28N4O2/c1-14(2)21-7-4-8-22(10-9-21)19(25)17-12-23(13-17)18(24)16-6-5-15(3)20-11-16/h5-6,11,14,17H,4,7-10,12-13H2,1-3H3. The predicted molar refractivity (Wildman–Crippen MR) is 96.3 cm³/mol. The molecule has 3 heterocycles. The van der Waals surface area contributed by atoms with Crippen LogP contribution in [0.4, 0.5) is 0 Å². The first-order chi connectivity index (χ1) is 12.0. The van der Waals surface area contributed by atoms with Crippen LogP contribution in [0.25, 0.3) is 0 Å². The van der Waals surface area contributed by atoms with Crippen molar-refractivity contribution in [3.8, 4) is 0 Å². The number of carbonyl (C=O) groups is 2. The van der Waals surface area contributed by atoms with E-state index >= 15 is 0 Å². The Bertz CT molecular complexity index is 623. The highest BCUT2D eigenvalue weighted by molar-refractivity contribution is 5.95. The Morgan fingerprint density at radius 2 is 1.84 bits per heavy atom. The van der Waals surface area contributed by atoms with E-state index < -0.39 is 0 Å². The Morgan fingerprint density at radius 3 is 2.48 bits per heavy atom. The van der Waals surface area contributed by atoms with Crippen LogP contribution in [-0.4, -0.2) is 76.8 Å². The molecule has 6 nitrogen and oxygen atoms in total. The molecule has 2 fully saturated rings. The summed E-state index contributed by atoms with van der Waals surface area (Å²) in [6, 6.07) is 4.16. The van der Waals surface area contributed by atoms with Gasteiger partial charge in [-0.15, -0.1) is 0 Å². The van der Waals surface area contributed by atoms with Gasteiger partial charge in [0.25, 0.3) is 5.91 Å². The molecule has 0 spiro atoms. The molecule has 2 saturated heterocycles. The summed E-state index contributed by atoms with van der Waals surface area (Å²) in [6.07, 6.45) is 2.64. The topological polar surface area (TPSA) is 56.8 Å². The molecule has 25 heavy (non-hydrogen) atoms. The zero-order valence-electron chi connectivity index (χ0n) is 15.4. The number of carbonyl (C=O) groups excluding carboxylic acids is 2. The Balaban J connectivity index is 1.51. The first-order valence-electron chi connectivity index (χ1n) is 9.20. The lowest BCUT2D eigenvalue weighted by atomic mass is 9.97. The third kappa shape index (κ3) is 4.00. The second-order valence-electron chi connectivity index (χ2n) is 7.40. The first-order valence-corrected chi connectivity index (χ1v) is 9.20. The zero-order valence-corrected chi connectivity index (χ0v) is 15.4. The molecule has 1 aromatic rings. The van der Waals surface area contributed by atoms with Crippen molar-refractivity contribution in [2.45, 2.75) is 33.2 Å². The van der Waals surface area contributed by atoms with Gasteiger partial charge in [0.15, 0.2) is 0 Å². The van der Waals surface area contributed by atoms with Crippen molar-refractivity contribution >= 4 is 11.8 Å². The second kappa shape index (κ2) is 7.52. The number of aryl methyl sites for hydroxylation is 1. The van der Waals surface area contributed by atoms with Gasteiger partial charge in [-0.3, -0.25) is 19.5 Å². The van der Waals surface area contributed by atoms with Gasteiger partial charge >= 0.3 is 0 Å². The molecule has 2 aliphatic heterocycles. The normalized spacial score (nSPS) is 19.7. The lowest BCUT2D eigenvalue weighted by molar-refractivity contribution is -0.139. The van der Waals surface area contributed by atoms with Crippen molar-refractivity contribution < 1.29 is 9.59 Å². The Morgan fingerprint density at radius 1 is 1.08 bits per heavy atom. The van der Waals surface area contributed by atoms with Crippen LogP contribution in [0.3, 0.4) is 0 Å². The number of hydrogen-bond donors (Lipinski definition) is 0. The summed E-state index contributed by atoms with van der Waals surface area (Å²) in [5, 5.41) is 0. The average molecular weight is 344 g/mol. The highest BCUT2D eigenvalue weighted by Gasteiger charge is 2.38. The van der Waals surface area contributed by atoms with Crippen LogP contribution in [0.5, 0.6) is 0 Å². The summed E-state index contributed by atoms with van der Waals surface area (Å²) in [4.78, 5) is 35.5. The maximum Gasteiger partial charge on any atom is 0.255 e. The SMILES string of the molecule is Cc1ccc(C(=O)N2CC(C(=O)N3CCCN(C(C)C)CC3)C2)cn1. The molecule has 3 rings (SSSR count). The Labute approximate surface area is 149 Å². The predicted octanol–water partition coefficient (Wildman–Crippen LogP) is 1.40. The van der Waals surface area contributed by atoms with Crippen molar-refractivity contribution in [3.63, 3.8) is 0 Å². The minimum Gasteiger partial charge on any atom is -0.341 e. The summed E-state index contributed by atoms with van der Waals surface area (Å²) in [7, 11) is 0. The molecule has 2 amide bonds. The van der Waals surface area contributed by atoms with Gasteiger partial charge in [0.2, 0.25) is 5.91 Å². The largest absolute Gasteiger partial charge is 0.341 e. The second-order valence-corrected chi connectivity index (χ2v) is 7.40. The van der Waals surface area contributed by atoms with Crippen LogP contribution in [0.2, 0.25) is 0 Å². The molecular weight excluding hydrogens is 316 g/mol. The smallest absolute Gasteiger partial charge is 0.255 e. The van der Waals surface area contributed by atoms with E-state index in [9.17, 15) is 9.59 Å². The van der Waals surface area contributed by atoms with E-state index in [1.165, 1.54) is 0 Å². The van der Waals surface area contributed by atoms with Gasteiger partial charge in [-0.05, 0) is 39.3 Å². The van der Waals surface area contributed by atoms with Crippen LogP contribution >= 0.6 is 0 Å². The molecule has 0 N–H and O–H groups in total. The molecule has 0 radical (unpaired) electrons. The number of rotatable bonds is 3. The highest BCUT2D eigenvalue weighted by atomic mass is 16.2. The average Bonchev–Trinajstić information content (AvgIpc) is 2.80. The molecule has 136 valence electrons. The minimum atomic E-state index is -0.0482. The van der Waals surface area contributed by atoms with Gasteiger partial charge in [-0.1, -0.05) is 0 Å². The van der Waals surface area contributed by atoms with E-state index in [1.54, 1.807) is 17.2 Å². The summed E-state index contributed by atoms with van der Waals surface area (Å²) < 4.78 is 0. The fraction of sp³-hybridized carbons (Fsp3) is 0.632. The number of nitrogens with zero attached hydrogens (tertiary/aromatic N) is 4. The number of likely N-dealkylation sites (tertiary alicyclic amines) is 1. The number of hydrogen-bond acceptors (Lipinski definition) is 4. The van der Waals surface area contributed by atoms with Crippen molar-refractivity contribution in [2.75, 3.05) is 39.3 Å². The molecule has 0 bridgehead atoms. The quantitative estimate of drug-likeness (QED) is 0.832. The number of amides is 2. The maximum absolute atomic E-state index is 12.7.